The molecule has 1 aliphatic heterocycles. The van der Waals surface area contributed by atoms with Crippen molar-refractivity contribution in [2.75, 3.05) is 6.54 Å². The van der Waals surface area contributed by atoms with Gasteiger partial charge >= 0.3 is 0 Å². The van der Waals surface area contributed by atoms with Crippen LogP contribution in [0.3, 0.4) is 0 Å². The molecule has 1 N–H and O–H groups in total. The molecular formula is C26H27N3O3. The maximum Gasteiger partial charge on any atom is 0.225 e. The largest absolute Gasteiger partial charge is 0.441 e. The smallest absolute Gasteiger partial charge is 0.225 e. The first kappa shape index (κ1) is 20.5. The van der Waals surface area contributed by atoms with E-state index >= 15 is 0 Å². The van der Waals surface area contributed by atoms with Crippen molar-refractivity contribution in [3.8, 4) is 11.3 Å². The van der Waals surface area contributed by atoms with Crippen molar-refractivity contribution in [2.45, 2.75) is 50.6 Å². The van der Waals surface area contributed by atoms with Crippen LogP contribution in [0, 0.1) is 6.92 Å². The fourth-order valence-corrected chi connectivity index (χ4v) is 4.53. The molecule has 6 heteroatoms. The number of hydrogen-bond acceptors (Lipinski definition) is 4. The summed E-state index contributed by atoms with van der Waals surface area (Å²) in [6, 6.07) is 18.5. The van der Waals surface area contributed by atoms with Crippen LogP contribution in [0.4, 0.5) is 0 Å². The highest BCUT2D eigenvalue weighted by molar-refractivity contribution is 5.83. The van der Waals surface area contributed by atoms with Crippen LogP contribution in [0.5, 0.6) is 0 Å². The Morgan fingerprint density at radius 2 is 1.94 bits per heavy atom. The molecule has 0 bridgehead atoms. The highest BCUT2D eigenvalue weighted by Crippen LogP contribution is 2.45. The average molecular weight is 430 g/mol. The fraction of sp³-hybridized carbons (Fsp3) is 0.346. The van der Waals surface area contributed by atoms with Gasteiger partial charge in [-0.05, 0) is 18.9 Å². The normalized spacial score (nSPS) is 22.2. The van der Waals surface area contributed by atoms with E-state index in [0.717, 1.165) is 12.0 Å². The van der Waals surface area contributed by atoms with Gasteiger partial charge in [-0.25, -0.2) is 4.98 Å². The van der Waals surface area contributed by atoms with Gasteiger partial charge in [0.25, 0.3) is 0 Å². The number of oxazole rings is 1. The van der Waals surface area contributed by atoms with Crippen molar-refractivity contribution in [1.82, 2.24) is 15.2 Å². The van der Waals surface area contributed by atoms with Gasteiger partial charge in [-0.15, -0.1) is 0 Å². The zero-order valence-corrected chi connectivity index (χ0v) is 18.2. The molecule has 32 heavy (non-hydrogen) atoms. The molecule has 1 aliphatic carbocycles. The molecule has 6 nitrogen and oxygen atoms in total. The molecule has 3 aromatic rings. The van der Waals surface area contributed by atoms with Gasteiger partial charge in [-0.1, -0.05) is 60.2 Å². The SMILES string of the molecule is Cc1ccc(-c2cnc(CCC(=O)NC3CC(=O)N(C4CC4c4ccccc4)C3)o2)cc1. The summed E-state index contributed by atoms with van der Waals surface area (Å²) < 4.78 is 5.80. The third-order valence-corrected chi connectivity index (χ3v) is 6.36. The molecule has 2 aliphatic rings. The number of aryl methyl sites for hydroxylation is 2. The number of nitrogens with zero attached hydrogens (tertiary/aromatic N) is 2. The molecule has 2 aromatic carbocycles. The second-order valence-electron chi connectivity index (χ2n) is 8.82. The van der Waals surface area contributed by atoms with E-state index in [4.69, 9.17) is 4.42 Å². The standard InChI is InChI=1S/C26H27N3O3/c1-17-7-9-19(10-8-17)23-15-27-25(32-23)12-11-24(30)28-20-13-26(31)29(16-20)22-14-21(22)18-5-3-2-4-6-18/h2-10,15,20-22H,11-14,16H2,1H3,(H,28,30). The summed E-state index contributed by atoms with van der Waals surface area (Å²) in [5, 5.41) is 3.02. The Kier molecular flexibility index (Phi) is 5.52. The van der Waals surface area contributed by atoms with Gasteiger partial charge in [0.05, 0.1) is 12.2 Å². The van der Waals surface area contributed by atoms with Crippen LogP contribution < -0.4 is 5.32 Å². The van der Waals surface area contributed by atoms with E-state index in [9.17, 15) is 9.59 Å². The summed E-state index contributed by atoms with van der Waals surface area (Å²) >= 11 is 0. The molecule has 2 fully saturated rings. The predicted molar refractivity (Wildman–Crippen MR) is 121 cm³/mol. The zero-order chi connectivity index (χ0) is 22.1. The molecule has 3 atom stereocenters. The topological polar surface area (TPSA) is 75.4 Å². The summed E-state index contributed by atoms with van der Waals surface area (Å²) in [5.74, 6) is 1.73. The zero-order valence-electron chi connectivity index (χ0n) is 18.2. The van der Waals surface area contributed by atoms with E-state index in [-0.39, 0.29) is 30.3 Å². The van der Waals surface area contributed by atoms with Crippen molar-refractivity contribution < 1.29 is 14.0 Å². The Morgan fingerprint density at radius 1 is 1.16 bits per heavy atom. The van der Waals surface area contributed by atoms with Crippen LogP contribution in [0.1, 0.15) is 42.2 Å². The Bertz CT molecular complexity index is 1110. The second kappa shape index (κ2) is 8.61. The van der Waals surface area contributed by atoms with E-state index in [0.29, 0.717) is 37.0 Å². The van der Waals surface area contributed by atoms with Gasteiger partial charge < -0.3 is 14.6 Å². The molecule has 2 amide bonds. The van der Waals surface area contributed by atoms with Crippen LogP contribution >= 0.6 is 0 Å². The molecule has 164 valence electrons. The number of hydrogen-bond donors (Lipinski definition) is 1. The maximum absolute atomic E-state index is 12.5. The van der Waals surface area contributed by atoms with Crippen molar-refractivity contribution in [3.63, 3.8) is 0 Å². The van der Waals surface area contributed by atoms with Crippen LogP contribution in [-0.2, 0) is 16.0 Å². The first-order valence-electron chi connectivity index (χ1n) is 11.2. The number of likely N-dealkylation sites (tertiary alicyclic amines) is 1. The highest BCUT2D eigenvalue weighted by atomic mass is 16.4. The molecule has 1 saturated carbocycles. The monoisotopic (exact) mass is 429 g/mol. The first-order chi connectivity index (χ1) is 15.6. The van der Waals surface area contributed by atoms with Crippen molar-refractivity contribution >= 4 is 11.8 Å². The van der Waals surface area contributed by atoms with Crippen molar-refractivity contribution in [3.05, 3.63) is 77.8 Å². The van der Waals surface area contributed by atoms with Gasteiger partial charge in [0.1, 0.15) is 0 Å². The van der Waals surface area contributed by atoms with Gasteiger partial charge in [0.2, 0.25) is 11.8 Å². The number of carbonyl (C=O) groups excluding carboxylic acids is 2. The highest BCUT2D eigenvalue weighted by Gasteiger charge is 2.47. The van der Waals surface area contributed by atoms with Crippen LogP contribution in [0.2, 0.25) is 0 Å². The third kappa shape index (κ3) is 4.44. The van der Waals surface area contributed by atoms with Crippen LogP contribution in [0.25, 0.3) is 11.3 Å². The van der Waals surface area contributed by atoms with Gasteiger partial charge in [-0.3, -0.25) is 9.59 Å². The average Bonchev–Trinajstić information content (AvgIpc) is 3.30. The van der Waals surface area contributed by atoms with E-state index in [2.05, 4.69) is 22.4 Å². The molecule has 3 unspecified atom stereocenters. The summed E-state index contributed by atoms with van der Waals surface area (Å²) in [6.45, 7) is 2.63. The molecule has 5 rings (SSSR count). The van der Waals surface area contributed by atoms with E-state index < -0.39 is 0 Å². The fourth-order valence-electron chi connectivity index (χ4n) is 4.53. The number of benzene rings is 2. The van der Waals surface area contributed by atoms with Gasteiger partial charge in [0.15, 0.2) is 11.7 Å². The number of amides is 2. The number of carbonyl (C=O) groups is 2. The minimum Gasteiger partial charge on any atom is -0.441 e. The maximum atomic E-state index is 12.5. The third-order valence-electron chi connectivity index (χ3n) is 6.36. The molecule has 1 saturated heterocycles. The van der Waals surface area contributed by atoms with Gasteiger partial charge in [-0.2, -0.15) is 0 Å². The summed E-state index contributed by atoms with van der Waals surface area (Å²) in [5.41, 5.74) is 3.44. The van der Waals surface area contributed by atoms with E-state index in [1.807, 2.05) is 54.3 Å². The Hall–Kier alpha value is -3.41. The predicted octanol–water partition coefficient (Wildman–Crippen LogP) is 3.86. The van der Waals surface area contributed by atoms with Crippen molar-refractivity contribution in [1.29, 1.82) is 0 Å². The van der Waals surface area contributed by atoms with Crippen molar-refractivity contribution in [2.24, 2.45) is 0 Å². The van der Waals surface area contributed by atoms with Gasteiger partial charge in [0, 0.05) is 43.3 Å². The van der Waals surface area contributed by atoms with E-state index in [1.54, 1.807) is 6.20 Å². The van der Waals surface area contributed by atoms with Crippen LogP contribution in [-0.4, -0.2) is 40.3 Å². The second-order valence-corrected chi connectivity index (χ2v) is 8.82. The summed E-state index contributed by atoms with van der Waals surface area (Å²) in [7, 11) is 0. The minimum absolute atomic E-state index is 0.0739. The van der Waals surface area contributed by atoms with Crippen LogP contribution in [0.15, 0.2) is 65.2 Å². The Morgan fingerprint density at radius 3 is 2.72 bits per heavy atom. The summed E-state index contributed by atoms with van der Waals surface area (Å²) in [6.07, 6.45) is 3.80. The molecule has 2 heterocycles. The lowest BCUT2D eigenvalue weighted by Crippen LogP contribution is -2.37. The number of nitrogens with one attached hydrogen (secondary N) is 1. The lowest BCUT2D eigenvalue weighted by molar-refractivity contribution is -0.128. The Labute approximate surface area is 187 Å². The lowest BCUT2D eigenvalue weighted by atomic mass is 10.1. The molecule has 0 radical (unpaired) electrons. The minimum atomic E-state index is -0.125. The lowest BCUT2D eigenvalue weighted by Gasteiger charge is -2.17. The summed E-state index contributed by atoms with van der Waals surface area (Å²) in [4.78, 5) is 31.2. The number of aromatic nitrogens is 1. The quantitative estimate of drug-likeness (QED) is 0.619. The Balaban J connectivity index is 1.10. The molecular weight excluding hydrogens is 402 g/mol. The van der Waals surface area contributed by atoms with E-state index in [1.165, 1.54) is 11.1 Å². The molecule has 0 spiro atoms. The first-order valence-corrected chi connectivity index (χ1v) is 11.2. The number of rotatable bonds is 7. The molecule has 1 aromatic heterocycles.